The predicted molar refractivity (Wildman–Crippen MR) is 28.0 cm³/mol. The maximum atomic E-state index is 3.50. The maximum absolute atomic E-state index is 3.50. The van der Waals surface area contributed by atoms with Crippen molar-refractivity contribution in [3.8, 4) is 0 Å². The molecular weight excluding hydrogens is 101 g/mol. The quantitative estimate of drug-likeness (QED) is 0.446. The van der Waals surface area contributed by atoms with Gasteiger partial charge in [0.05, 0.1) is 5.69 Å². The molecular formula is C3H5N3Na. The monoisotopic (exact) mass is 106 g/mol. The predicted octanol–water partition coefficient (Wildman–Crippen LogP) is -0.662. The van der Waals surface area contributed by atoms with Gasteiger partial charge in [-0.15, -0.1) is 5.10 Å². The molecule has 0 unspecified atom stereocenters. The van der Waals surface area contributed by atoms with E-state index in [1.54, 1.807) is 6.20 Å². The van der Waals surface area contributed by atoms with E-state index in [1.165, 1.54) is 0 Å². The van der Waals surface area contributed by atoms with Gasteiger partial charge in [-0.2, -0.15) is 0 Å². The van der Waals surface area contributed by atoms with Gasteiger partial charge in [-0.3, -0.25) is 5.10 Å². The fourth-order valence-corrected chi connectivity index (χ4v) is 0.225. The molecule has 0 saturated heterocycles. The van der Waals surface area contributed by atoms with Gasteiger partial charge in [0.1, 0.15) is 0 Å². The number of nitrogens with zero attached hydrogens (tertiary/aromatic N) is 2. The molecule has 1 N–H and O–H groups in total. The Morgan fingerprint density at radius 1 is 1.71 bits per heavy atom. The average Bonchev–Trinajstić information content (AvgIpc) is 1.86. The molecule has 0 saturated carbocycles. The molecule has 3 nitrogen and oxygen atoms in total. The third kappa shape index (κ3) is 2.06. The molecule has 1 aromatic heterocycles. The Bertz CT molecular complexity index is 114. The van der Waals surface area contributed by atoms with Crippen molar-refractivity contribution in [2.75, 3.05) is 0 Å². The molecule has 0 amide bonds. The number of H-pyrrole nitrogens is 1. The van der Waals surface area contributed by atoms with E-state index < -0.39 is 0 Å². The van der Waals surface area contributed by atoms with Crippen LogP contribution in [-0.4, -0.2) is 45.0 Å². The van der Waals surface area contributed by atoms with Crippen LogP contribution in [-0.2, 0) is 0 Å². The molecule has 0 bridgehead atoms. The zero-order chi connectivity index (χ0) is 4.41. The standard InChI is InChI=1S/C3H4N3.Na.H/c1-3-2-4-6-5-3;;/h2H,1H2,(H,4,5,6);;. The number of rotatable bonds is 0. The summed E-state index contributed by atoms with van der Waals surface area (Å²) in [4.78, 5) is 0. The molecule has 7 heavy (non-hydrogen) atoms. The van der Waals surface area contributed by atoms with Crippen molar-refractivity contribution in [3.63, 3.8) is 0 Å². The second kappa shape index (κ2) is 3.18. The van der Waals surface area contributed by atoms with E-state index in [0.717, 1.165) is 0 Å². The molecule has 4 heteroatoms. The Hall–Kier alpha value is 0.140. The molecule has 33 valence electrons. The first-order chi connectivity index (χ1) is 2.89. The number of nitrogens with one attached hydrogen (secondary N) is 1. The van der Waals surface area contributed by atoms with Gasteiger partial charge in [0.25, 0.3) is 0 Å². The molecule has 1 radical (unpaired) electrons. The van der Waals surface area contributed by atoms with Crippen molar-refractivity contribution in [3.05, 3.63) is 18.8 Å². The van der Waals surface area contributed by atoms with Crippen LogP contribution >= 0.6 is 0 Å². The van der Waals surface area contributed by atoms with E-state index >= 15 is 0 Å². The second-order valence-corrected chi connectivity index (χ2v) is 0.965. The number of hydrogen-bond acceptors (Lipinski definition) is 2. The van der Waals surface area contributed by atoms with E-state index in [1.807, 2.05) is 0 Å². The van der Waals surface area contributed by atoms with Crippen molar-refractivity contribution < 1.29 is 0 Å². The van der Waals surface area contributed by atoms with Crippen LogP contribution in [0.1, 0.15) is 5.69 Å². The van der Waals surface area contributed by atoms with Gasteiger partial charge in [-0.25, -0.2) is 0 Å². The van der Waals surface area contributed by atoms with Gasteiger partial charge in [0, 0.05) is 6.20 Å². The molecule has 0 aliphatic carbocycles. The summed E-state index contributed by atoms with van der Waals surface area (Å²) in [6, 6.07) is 0. The van der Waals surface area contributed by atoms with E-state index in [9.17, 15) is 0 Å². The summed E-state index contributed by atoms with van der Waals surface area (Å²) in [5.74, 6) is 0. The molecule has 1 rings (SSSR count). The Morgan fingerprint density at radius 3 is 2.57 bits per heavy atom. The number of aromatic nitrogens is 3. The molecule has 0 fully saturated rings. The summed E-state index contributed by atoms with van der Waals surface area (Å²) in [6.45, 7) is 3.48. The van der Waals surface area contributed by atoms with Gasteiger partial charge in [-0.05, 0) is 6.92 Å². The third-order valence-electron chi connectivity index (χ3n) is 0.467. The van der Waals surface area contributed by atoms with Crippen LogP contribution in [0.15, 0.2) is 6.20 Å². The number of hydrogen-bond donors (Lipinski definition) is 1. The Kier molecular flexibility index (Phi) is 3.25. The second-order valence-electron chi connectivity index (χ2n) is 0.965. The molecule has 0 aromatic carbocycles. The van der Waals surface area contributed by atoms with Crippen molar-refractivity contribution in [1.82, 2.24) is 15.4 Å². The van der Waals surface area contributed by atoms with Crippen molar-refractivity contribution >= 4 is 29.6 Å². The van der Waals surface area contributed by atoms with E-state index in [4.69, 9.17) is 0 Å². The molecule has 0 aliphatic heterocycles. The summed E-state index contributed by atoms with van der Waals surface area (Å²) in [5.41, 5.74) is 0.676. The molecule has 0 aliphatic rings. The van der Waals surface area contributed by atoms with Crippen LogP contribution in [0.25, 0.3) is 0 Å². The van der Waals surface area contributed by atoms with Gasteiger partial charge in [0.15, 0.2) is 0 Å². The summed E-state index contributed by atoms with van der Waals surface area (Å²) >= 11 is 0. The zero-order valence-electron chi connectivity index (χ0n) is 3.18. The van der Waals surface area contributed by atoms with Crippen LogP contribution in [0.4, 0.5) is 0 Å². The molecule has 0 spiro atoms. The van der Waals surface area contributed by atoms with Crippen LogP contribution in [0.2, 0.25) is 0 Å². The van der Waals surface area contributed by atoms with Crippen LogP contribution in [0, 0.1) is 6.92 Å². The van der Waals surface area contributed by atoms with Gasteiger partial charge < -0.3 is 0 Å². The fraction of sp³-hybridized carbons (Fsp3) is 0. The number of aromatic amines is 1. The zero-order valence-corrected chi connectivity index (χ0v) is 3.18. The summed E-state index contributed by atoms with van der Waals surface area (Å²) in [6.07, 6.45) is 1.62. The Labute approximate surface area is 63.8 Å². The third-order valence-corrected chi connectivity index (χ3v) is 0.467. The summed E-state index contributed by atoms with van der Waals surface area (Å²) in [7, 11) is 0. The average molecular weight is 106 g/mol. The van der Waals surface area contributed by atoms with E-state index in [-0.39, 0.29) is 29.6 Å². The summed E-state index contributed by atoms with van der Waals surface area (Å²) in [5, 5.41) is 9.39. The van der Waals surface area contributed by atoms with Crippen LogP contribution in [0.3, 0.4) is 0 Å². The van der Waals surface area contributed by atoms with Crippen molar-refractivity contribution in [2.45, 2.75) is 0 Å². The van der Waals surface area contributed by atoms with Gasteiger partial charge >= 0.3 is 29.6 Å². The van der Waals surface area contributed by atoms with Crippen molar-refractivity contribution in [2.24, 2.45) is 0 Å². The van der Waals surface area contributed by atoms with Crippen molar-refractivity contribution in [1.29, 1.82) is 0 Å². The minimum atomic E-state index is 0. The molecule has 1 heterocycles. The SMILES string of the molecule is [CH2]c1c[nH]nn1.[NaH]. The minimum absolute atomic E-state index is 0. The van der Waals surface area contributed by atoms with Crippen LogP contribution < -0.4 is 0 Å². The Morgan fingerprint density at radius 2 is 2.43 bits per heavy atom. The normalized spacial score (nSPS) is 7.57. The molecule has 0 atom stereocenters. The fourth-order valence-electron chi connectivity index (χ4n) is 0.225. The first-order valence-electron chi connectivity index (χ1n) is 1.58. The molecule has 1 aromatic rings. The van der Waals surface area contributed by atoms with Gasteiger partial charge in [-0.1, -0.05) is 5.21 Å². The van der Waals surface area contributed by atoms with E-state index in [2.05, 4.69) is 22.3 Å². The summed E-state index contributed by atoms with van der Waals surface area (Å²) < 4.78 is 0. The Balaban J connectivity index is 0.000000360. The first-order valence-corrected chi connectivity index (χ1v) is 1.58. The van der Waals surface area contributed by atoms with Gasteiger partial charge in [0.2, 0.25) is 0 Å². The van der Waals surface area contributed by atoms with Crippen LogP contribution in [0.5, 0.6) is 0 Å². The van der Waals surface area contributed by atoms with E-state index in [0.29, 0.717) is 5.69 Å². The first kappa shape index (κ1) is 7.14. The topological polar surface area (TPSA) is 41.6 Å².